The number of ether oxygens (including phenoxy) is 5. The molecule has 0 aromatic heterocycles. The monoisotopic (exact) mass is 1020 g/mol. The van der Waals surface area contributed by atoms with Gasteiger partial charge in [-0.1, -0.05) is 48.5 Å². The van der Waals surface area contributed by atoms with E-state index < -0.39 is 108 Å². The third-order valence-corrected chi connectivity index (χ3v) is 14.8. The van der Waals surface area contributed by atoms with Gasteiger partial charge < -0.3 is 71.3 Å². The number of fused-ring (bicyclic) bond motifs is 4. The summed E-state index contributed by atoms with van der Waals surface area (Å²) in [5.41, 5.74) is 11.6. The molecule has 0 radical (unpaired) electrons. The zero-order valence-corrected chi connectivity index (χ0v) is 40.6. The molecule has 5 aliphatic rings. The number of nitrogens with one attached hydrogen (secondary N) is 2. The molecule has 4 aromatic carbocycles. The number of methoxy groups -OCH3 is 1. The highest BCUT2D eigenvalue weighted by atomic mass is 16.7. The average molecular weight is 1020 g/mol. The molecule has 11 N–H and O–H groups in total. The Bertz CT molecular complexity index is 2910. The van der Waals surface area contributed by atoms with Crippen LogP contribution in [0.25, 0.3) is 0 Å². The summed E-state index contributed by atoms with van der Waals surface area (Å²) in [6, 6.07) is 16.8. The highest BCUT2D eigenvalue weighted by Crippen LogP contribution is 2.52. The summed E-state index contributed by atoms with van der Waals surface area (Å²) in [4.78, 5) is 67.3. The van der Waals surface area contributed by atoms with Gasteiger partial charge in [0.25, 0.3) is 0 Å². The molecule has 5 unspecified atom stereocenters. The predicted octanol–water partition coefficient (Wildman–Crippen LogP) is 3.51. The van der Waals surface area contributed by atoms with E-state index in [-0.39, 0.29) is 70.7 Å². The second-order valence-electron chi connectivity index (χ2n) is 19.3. The first-order chi connectivity index (χ1) is 35.5. The second kappa shape index (κ2) is 21.4. The fourth-order valence-electron chi connectivity index (χ4n) is 10.8. The molecule has 3 aliphatic carbocycles. The Morgan fingerprint density at radius 2 is 1.59 bits per heavy atom. The maximum atomic E-state index is 14.0. The minimum atomic E-state index is -2.38. The molecule has 21 heteroatoms. The van der Waals surface area contributed by atoms with Gasteiger partial charge >= 0.3 is 12.2 Å². The van der Waals surface area contributed by atoms with Crippen LogP contribution in [0.2, 0.25) is 0 Å². The molecule has 74 heavy (non-hydrogen) atoms. The Balaban J connectivity index is 0.818. The van der Waals surface area contributed by atoms with Crippen LogP contribution in [0.1, 0.15) is 111 Å². The first kappa shape index (κ1) is 51.8. The molecule has 1 saturated heterocycles. The molecule has 21 nitrogen and oxygen atoms in total. The Morgan fingerprint density at radius 3 is 2.31 bits per heavy atom. The normalized spacial score (nSPS) is 27.2. The van der Waals surface area contributed by atoms with Crippen LogP contribution >= 0.6 is 0 Å². The van der Waals surface area contributed by atoms with E-state index in [0.717, 1.165) is 23.3 Å². The van der Waals surface area contributed by atoms with Crippen molar-refractivity contribution in [2.75, 3.05) is 13.7 Å². The summed E-state index contributed by atoms with van der Waals surface area (Å²) in [5.74, 6) is -3.72. The number of rotatable bonds is 12. The molecular formula is C53H58N6O15. The number of carbonyl (C=O) groups excluding carboxylic acids is 5. The average Bonchev–Trinajstić information content (AvgIpc) is 3.40. The maximum absolute atomic E-state index is 14.0. The molecule has 0 spiro atoms. The summed E-state index contributed by atoms with van der Waals surface area (Å²) >= 11 is 0. The molecule has 0 bridgehead atoms. The number of hydrogen-bond acceptors (Lipinski definition) is 19. The summed E-state index contributed by atoms with van der Waals surface area (Å²) in [5, 5.41) is 70.5. The largest absolute Gasteiger partial charge is 0.507 e. The van der Waals surface area contributed by atoms with Crippen molar-refractivity contribution in [2.45, 2.75) is 113 Å². The van der Waals surface area contributed by atoms with Crippen LogP contribution in [0.3, 0.4) is 0 Å². The molecular weight excluding hydrogens is 961 g/mol. The van der Waals surface area contributed by atoms with Crippen molar-refractivity contribution in [3.05, 3.63) is 117 Å². The third kappa shape index (κ3) is 10.1. The van der Waals surface area contributed by atoms with Gasteiger partial charge in [-0.05, 0) is 67.5 Å². The molecule has 2 fully saturated rings. The van der Waals surface area contributed by atoms with Crippen molar-refractivity contribution in [2.24, 2.45) is 33.5 Å². The van der Waals surface area contributed by atoms with E-state index in [2.05, 4.69) is 20.8 Å². The van der Waals surface area contributed by atoms with Crippen LogP contribution < -0.4 is 31.6 Å². The maximum Gasteiger partial charge on any atom is 0.412 e. The first-order valence-electron chi connectivity index (χ1n) is 24.4. The van der Waals surface area contributed by atoms with Gasteiger partial charge in [-0.3, -0.25) is 14.4 Å². The number of phenols is 2. The lowest BCUT2D eigenvalue weighted by Gasteiger charge is -2.42. The molecule has 2 aliphatic heterocycles. The first-order valence-corrected chi connectivity index (χ1v) is 24.4. The number of hydrogen-bond donors (Lipinski definition) is 9. The van der Waals surface area contributed by atoms with Crippen LogP contribution in [0.5, 0.6) is 23.0 Å². The molecule has 9 rings (SSSR count). The minimum absolute atomic E-state index is 0.0433. The molecule has 2 heterocycles. The number of nitrogens with zero attached hydrogens (tertiary/aromatic N) is 2. The van der Waals surface area contributed by atoms with Gasteiger partial charge in [-0.25, -0.2) is 9.59 Å². The highest BCUT2D eigenvalue weighted by Gasteiger charge is 2.50. The number of alkyl carbamates (subject to hydrolysis) is 1. The number of phenolic OH excluding ortho intramolecular Hbond substituents is 2. The van der Waals surface area contributed by atoms with E-state index in [4.69, 9.17) is 35.2 Å². The van der Waals surface area contributed by atoms with Crippen molar-refractivity contribution in [1.82, 2.24) is 10.6 Å². The zero-order valence-electron chi connectivity index (χ0n) is 40.6. The number of aromatic hydroxyl groups is 2. The van der Waals surface area contributed by atoms with E-state index in [0.29, 0.717) is 31.4 Å². The fraction of sp³-hybridized carbons (Fsp3) is 0.415. The van der Waals surface area contributed by atoms with Gasteiger partial charge in [0.15, 0.2) is 17.9 Å². The van der Waals surface area contributed by atoms with Crippen molar-refractivity contribution >= 4 is 41.5 Å². The van der Waals surface area contributed by atoms with E-state index in [1.807, 2.05) is 30.5 Å². The number of carbonyl (C=O) groups is 5. The number of aliphatic hydroxyl groups excluding tert-OH is 2. The predicted molar refractivity (Wildman–Crippen MR) is 263 cm³/mol. The van der Waals surface area contributed by atoms with Gasteiger partial charge in [0.1, 0.15) is 47.9 Å². The lowest BCUT2D eigenvalue weighted by Crippen LogP contribution is -2.56. The van der Waals surface area contributed by atoms with Crippen molar-refractivity contribution in [3.8, 4) is 23.0 Å². The molecule has 390 valence electrons. The SMILES string of the molecule is COc1cccc2c1C(=O)c1c(O)c3c(c(O)c1C2=O)C[C@@](O)(C(=O)CO)C[C@@H]3O[C@H]1C[C@@H](NC(=O)OCc2ccc(OC(=O)NC3CCC4C(c5ccc(CN)cc5)=NN=CC4CCC3N)cc2)[C@H](O)C(C)O1. The minimum Gasteiger partial charge on any atom is -0.507 e. The van der Waals surface area contributed by atoms with Crippen LogP contribution in [0.15, 0.2) is 76.9 Å². The van der Waals surface area contributed by atoms with Gasteiger partial charge in [0.05, 0.1) is 47.8 Å². The number of amides is 2. The standard InChI is InChI=1S/C53H58N6O15/c1-25-46(62)36(18-40(72-25)74-38-20-53(69,39(61)23-60)19-33-42(38)50(66)44-43(48(33)64)47(63)32-4-3-5-37(70-2)41(32)49(44)65)58-51(67)71-24-27-8-13-30(14-9-27)73-52(68)57-35-17-15-31-29(12-16-34(35)55)22-56-59-45(31)28-10-6-26(21-54)7-11-28/h3-11,13-14,22,25,29,31,34-36,38,40,46,60,62,64,66,69H,12,15-21,23-24,54-55H2,1-2H3,(H,57,68)(H,58,67)/t25?,29?,31?,34?,35?,36-,38+,40+,46-,53+/m1/s1. The Labute approximate surface area is 424 Å². The van der Waals surface area contributed by atoms with Crippen molar-refractivity contribution in [1.29, 1.82) is 0 Å². The van der Waals surface area contributed by atoms with E-state index in [9.17, 15) is 49.5 Å². The molecule has 10 atom stereocenters. The molecule has 1 saturated carbocycles. The molecule has 4 aromatic rings. The van der Waals surface area contributed by atoms with Crippen LogP contribution in [-0.4, -0.2) is 123 Å². The highest BCUT2D eigenvalue weighted by molar-refractivity contribution is 6.31. The Hall–Kier alpha value is -7.11. The second-order valence-corrected chi connectivity index (χ2v) is 19.3. The third-order valence-electron chi connectivity index (χ3n) is 14.8. The quantitative estimate of drug-likeness (QED) is 0.0808. The number of benzene rings is 4. The summed E-state index contributed by atoms with van der Waals surface area (Å²) < 4.78 is 28.6. The van der Waals surface area contributed by atoms with E-state index in [1.54, 1.807) is 24.3 Å². The fourth-order valence-corrected chi connectivity index (χ4v) is 10.8. The number of nitrogens with two attached hydrogens (primary N) is 2. The van der Waals surface area contributed by atoms with Crippen LogP contribution in [0.4, 0.5) is 9.59 Å². The van der Waals surface area contributed by atoms with Gasteiger partial charge in [0, 0.05) is 72.6 Å². The number of Topliss-reactive ketones (excluding diaryl/α,β-unsaturated/α-hetero) is 1. The smallest absolute Gasteiger partial charge is 0.412 e. The Morgan fingerprint density at radius 1 is 0.878 bits per heavy atom. The number of aliphatic hydroxyl groups is 3. The van der Waals surface area contributed by atoms with Crippen molar-refractivity contribution < 1.29 is 73.2 Å². The topological polar surface area (TPSA) is 333 Å². The van der Waals surface area contributed by atoms with Gasteiger partial charge in [-0.2, -0.15) is 10.2 Å². The lowest BCUT2D eigenvalue weighted by atomic mass is 9.72. The van der Waals surface area contributed by atoms with Gasteiger partial charge in [0.2, 0.25) is 5.78 Å². The summed E-state index contributed by atoms with van der Waals surface area (Å²) in [6.45, 7) is 0.614. The molecule has 2 amide bonds. The van der Waals surface area contributed by atoms with E-state index in [1.165, 1.54) is 32.2 Å². The van der Waals surface area contributed by atoms with Crippen LogP contribution in [0, 0.1) is 11.8 Å². The van der Waals surface area contributed by atoms with Crippen LogP contribution in [-0.2, 0) is 38.6 Å². The Kier molecular flexibility index (Phi) is 15.0. The summed E-state index contributed by atoms with van der Waals surface area (Å²) in [6.07, 6.45) is -3.62. The number of ketones is 3. The van der Waals surface area contributed by atoms with Gasteiger partial charge in [-0.15, -0.1) is 0 Å². The zero-order chi connectivity index (χ0) is 52.6. The van der Waals surface area contributed by atoms with E-state index >= 15 is 0 Å². The van der Waals surface area contributed by atoms with Crippen molar-refractivity contribution in [3.63, 3.8) is 0 Å². The lowest BCUT2D eigenvalue weighted by molar-refractivity contribution is -0.249. The summed E-state index contributed by atoms with van der Waals surface area (Å²) in [7, 11) is 1.30.